The number of unbranched alkanes of at least 4 members (excludes halogenated alkanes) is 2. The summed E-state index contributed by atoms with van der Waals surface area (Å²) in [6, 6.07) is 17.0. The van der Waals surface area contributed by atoms with Crippen LogP contribution in [-0.2, 0) is 6.42 Å². The summed E-state index contributed by atoms with van der Waals surface area (Å²) < 4.78 is 0. The van der Waals surface area contributed by atoms with E-state index in [1.54, 1.807) is 0 Å². The van der Waals surface area contributed by atoms with Crippen molar-refractivity contribution in [2.45, 2.75) is 46.0 Å². The van der Waals surface area contributed by atoms with E-state index in [0.29, 0.717) is 0 Å². The second-order valence-electron chi connectivity index (χ2n) is 7.44. The Kier molecular flexibility index (Phi) is 6.65. The first-order chi connectivity index (χ1) is 13.6. The molecule has 0 unspecified atom stereocenters. The molecule has 28 heavy (non-hydrogen) atoms. The third-order valence-electron chi connectivity index (χ3n) is 5.14. The lowest BCUT2D eigenvalue weighted by Crippen LogP contribution is -2.29. The van der Waals surface area contributed by atoms with Gasteiger partial charge in [-0.25, -0.2) is 4.99 Å². The van der Waals surface area contributed by atoms with E-state index in [2.05, 4.69) is 80.9 Å². The predicted octanol–water partition coefficient (Wildman–Crippen LogP) is 6.58. The molecule has 0 atom stereocenters. The molecular formula is C26H30N2. The van der Waals surface area contributed by atoms with E-state index in [9.17, 15) is 0 Å². The Morgan fingerprint density at radius 1 is 1.07 bits per heavy atom. The number of hydrogen-bond acceptors (Lipinski definition) is 2. The molecule has 2 aromatic rings. The lowest BCUT2D eigenvalue weighted by Gasteiger charge is -2.24. The average molecular weight is 371 g/mol. The second-order valence-corrected chi connectivity index (χ2v) is 7.44. The van der Waals surface area contributed by atoms with Gasteiger partial charge < -0.3 is 5.32 Å². The Balaban J connectivity index is 1.95. The number of nitrogens with one attached hydrogen (secondary N) is 1. The molecule has 0 radical (unpaired) electrons. The minimum absolute atomic E-state index is 0.833. The molecule has 2 aromatic carbocycles. The van der Waals surface area contributed by atoms with Crippen molar-refractivity contribution < 1.29 is 0 Å². The maximum absolute atomic E-state index is 5.03. The fourth-order valence-corrected chi connectivity index (χ4v) is 3.46. The van der Waals surface area contributed by atoms with Crippen LogP contribution in [0, 0.1) is 6.92 Å². The quantitative estimate of drug-likeness (QED) is 0.522. The summed E-state index contributed by atoms with van der Waals surface area (Å²) >= 11 is 0. The molecule has 0 amide bonds. The Morgan fingerprint density at radius 2 is 1.86 bits per heavy atom. The molecule has 0 aromatic heterocycles. The third-order valence-corrected chi connectivity index (χ3v) is 5.14. The van der Waals surface area contributed by atoms with Gasteiger partial charge in [-0.05, 0) is 30.9 Å². The average Bonchev–Trinajstić information content (AvgIpc) is 2.71. The highest BCUT2D eigenvalue weighted by atomic mass is 15.0. The van der Waals surface area contributed by atoms with E-state index in [0.717, 1.165) is 47.6 Å². The molecule has 1 aliphatic rings. The highest BCUT2D eigenvalue weighted by Gasteiger charge is 2.19. The molecule has 0 aliphatic carbocycles. The van der Waals surface area contributed by atoms with Gasteiger partial charge in [0.05, 0.1) is 0 Å². The van der Waals surface area contributed by atoms with Crippen LogP contribution in [0.2, 0.25) is 0 Å². The summed E-state index contributed by atoms with van der Waals surface area (Å²) in [5.41, 5.74) is 8.10. The standard InChI is InChI=1S/C26H30N2/c1-5-7-8-12-25-24(18-22-11-9-10-21(6-2)17-22)20(4)27-26(28-25)23-15-13-19(3)14-16-23/h6,9-11,13-17H,2,4-5,7-8,12,18H2,1,3H3,(H,27,28). The number of aryl methyl sites for hydroxylation is 1. The van der Waals surface area contributed by atoms with Gasteiger partial charge in [0.1, 0.15) is 5.84 Å². The monoisotopic (exact) mass is 370 g/mol. The van der Waals surface area contributed by atoms with Gasteiger partial charge in [0, 0.05) is 29.0 Å². The highest BCUT2D eigenvalue weighted by Crippen LogP contribution is 2.27. The smallest absolute Gasteiger partial charge is 0.137 e. The molecule has 1 heterocycles. The summed E-state index contributed by atoms with van der Waals surface area (Å²) in [7, 11) is 0. The first-order valence-corrected chi connectivity index (χ1v) is 10.2. The van der Waals surface area contributed by atoms with Crippen LogP contribution in [0.3, 0.4) is 0 Å². The van der Waals surface area contributed by atoms with Gasteiger partial charge in [-0.2, -0.15) is 0 Å². The Bertz CT molecular complexity index is 914. The van der Waals surface area contributed by atoms with Gasteiger partial charge in [0.25, 0.3) is 0 Å². The molecule has 1 N–H and O–H groups in total. The van der Waals surface area contributed by atoms with Crippen LogP contribution in [0.4, 0.5) is 0 Å². The van der Waals surface area contributed by atoms with Crippen molar-refractivity contribution in [2.75, 3.05) is 0 Å². The van der Waals surface area contributed by atoms with Crippen LogP contribution < -0.4 is 5.32 Å². The van der Waals surface area contributed by atoms with Gasteiger partial charge in [0.15, 0.2) is 0 Å². The molecule has 0 spiro atoms. The lowest BCUT2D eigenvalue weighted by molar-refractivity contribution is 0.701. The van der Waals surface area contributed by atoms with Crippen LogP contribution >= 0.6 is 0 Å². The zero-order valence-electron chi connectivity index (χ0n) is 17.1. The van der Waals surface area contributed by atoms with Gasteiger partial charge in [-0.1, -0.05) is 93.1 Å². The zero-order chi connectivity index (χ0) is 19.9. The second kappa shape index (κ2) is 9.36. The van der Waals surface area contributed by atoms with E-state index >= 15 is 0 Å². The van der Waals surface area contributed by atoms with Gasteiger partial charge >= 0.3 is 0 Å². The third kappa shape index (κ3) is 4.89. The maximum atomic E-state index is 5.03. The molecule has 2 nitrogen and oxygen atoms in total. The van der Waals surface area contributed by atoms with Crippen molar-refractivity contribution in [1.29, 1.82) is 0 Å². The molecule has 0 bridgehead atoms. The number of rotatable bonds is 8. The number of nitrogens with zero attached hydrogens (tertiary/aromatic N) is 1. The van der Waals surface area contributed by atoms with Crippen molar-refractivity contribution in [3.05, 3.63) is 101 Å². The molecule has 144 valence electrons. The molecular weight excluding hydrogens is 340 g/mol. The SMILES string of the molecule is C=Cc1cccc(CC2=C(CCCCC)N=C(c3ccc(C)cc3)NC2=C)c1. The molecule has 1 aliphatic heterocycles. The van der Waals surface area contributed by atoms with Crippen molar-refractivity contribution in [3.8, 4) is 0 Å². The Labute approximate surface area is 169 Å². The van der Waals surface area contributed by atoms with E-state index in [1.807, 2.05) is 6.08 Å². The summed E-state index contributed by atoms with van der Waals surface area (Å²) in [6.45, 7) is 12.6. The molecule has 0 saturated heterocycles. The number of benzene rings is 2. The van der Waals surface area contributed by atoms with Crippen molar-refractivity contribution in [2.24, 2.45) is 4.99 Å². The predicted molar refractivity (Wildman–Crippen MR) is 121 cm³/mol. The van der Waals surface area contributed by atoms with E-state index in [-0.39, 0.29) is 0 Å². The van der Waals surface area contributed by atoms with Crippen LogP contribution in [-0.4, -0.2) is 5.84 Å². The van der Waals surface area contributed by atoms with E-state index in [4.69, 9.17) is 4.99 Å². The highest BCUT2D eigenvalue weighted by molar-refractivity contribution is 6.01. The minimum atomic E-state index is 0.833. The fourth-order valence-electron chi connectivity index (χ4n) is 3.46. The van der Waals surface area contributed by atoms with Gasteiger partial charge in [-0.3, -0.25) is 0 Å². The van der Waals surface area contributed by atoms with Crippen molar-refractivity contribution in [3.63, 3.8) is 0 Å². The van der Waals surface area contributed by atoms with Crippen LogP contribution in [0.5, 0.6) is 0 Å². The Morgan fingerprint density at radius 3 is 2.57 bits per heavy atom. The zero-order valence-corrected chi connectivity index (χ0v) is 17.1. The van der Waals surface area contributed by atoms with Gasteiger partial charge in [0.2, 0.25) is 0 Å². The first kappa shape index (κ1) is 19.9. The minimum Gasteiger partial charge on any atom is -0.340 e. The van der Waals surface area contributed by atoms with Crippen LogP contribution in [0.25, 0.3) is 6.08 Å². The van der Waals surface area contributed by atoms with Gasteiger partial charge in [-0.15, -0.1) is 0 Å². The van der Waals surface area contributed by atoms with Crippen LogP contribution in [0.15, 0.2) is 83.6 Å². The first-order valence-electron chi connectivity index (χ1n) is 10.2. The molecule has 0 fully saturated rings. The largest absolute Gasteiger partial charge is 0.340 e. The van der Waals surface area contributed by atoms with Crippen molar-refractivity contribution >= 4 is 11.9 Å². The number of hydrogen-bond donors (Lipinski definition) is 1. The normalized spacial score (nSPS) is 13.9. The topological polar surface area (TPSA) is 24.4 Å². The number of allylic oxidation sites excluding steroid dienone is 2. The van der Waals surface area contributed by atoms with Crippen molar-refractivity contribution in [1.82, 2.24) is 5.32 Å². The van der Waals surface area contributed by atoms with E-state index < -0.39 is 0 Å². The summed E-state index contributed by atoms with van der Waals surface area (Å²) in [5, 5.41) is 3.45. The van der Waals surface area contributed by atoms with E-state index in [1.165, 1.54) is 29.5 Å². The lowest BCUT2D eigenvalue weighted by atomic mass is 9.95. The summed E-state index contributed by atoms with van der Waals surface area (Å²) in [6.07, 6.45) is 7.29. The molecule has 2 heteroatoms. The molecule has 0 saturated carbocycles. The summed E-state index contributed by atoms with van der Waals surface area (Å²) in [4.78, 5) is 5.03. The fraction of sp³-hybridized carbons (Fsp3) is 0.269. The number of amidine groups is 1. The maximum Gasteiger partial charge on any atom is 0.137 e. The summed E-state index contributed by atoms with van der Waals surface area (Å²) in [5.74, 6) is 0.903. The van der Waals surface area contributed by atoms with Crippen LogP contribution in [0.1, 0.15) is 54.9 Å². The number of aliphatic imine (C=N–C) groups is 1. The molecule has 3 rings (SSSR count). The Hall–Kier alpha value is -2.87.